The molecule has 4 rings (SSSR count). The van der Waals surface area contributed by atoms with E-state index in [0.29, 0.717) is 15.8 Å². The van der Waals surface area contributed by atoms with E-state index in [2.05, 4.69) is 0 Å². The smallest absolute Gasteiger partial charge is 0.335 e. The van der Waals surface area contributed by atoms with Crippen LogP contribution in [-0.2, 0) is 11.3 Å². The number of amides is 1. The molecule has 1 N–H and O–H groups in total. The van der Waals surface area contributed by atoms with Gasteiger partial charge in [-0.1, -0.05) is 60.4 Å². The molecule has 0 atom stereocenters. The van der Waals surface area contributed by atoms with E-state index in [0.717, 1.165) is 28.2 Å². The Morgan fingerprint density at radius 2 is 1.84 bits per heavy atom. The lowest BCUT2D eigenvalue weighted by Gasteiger charge is -2.14. The van der Waals surface area contributed by atoms with E-state index in [-0.39, 0.29) is 11.5 Å². The fourth-order valence-electron chi connectivity index (χ4n) is 3.65. The molecule has 1 aliphatic rings. The van der Waals surface area contributed by atoms with Gasteiger partial charge in [-0.25, -0.2) is 4.79 Å². The van der Waals surface area contributed by atoms with Gasteiger partial charge in [0.1, 0.15) is 4.32 Å². The Labute approximate surface area is 190 Å². The molecule has 0 saturated carbocycles. The number of thiocarbonyl (C=S) groups is 1. The fourth-order valence-corrected chi connectivity index (χ4v) is 4.90. The number of hydrogen-bond donors (Lipinski definition) is 1. The van der Waals surface area contributed by atoms with Crippen molar-refractivity contribution >= 4 is 46.3 Å². The number of carboxylic acids is 1. The Balaban J connectivity index is 1.65. The predicted molar refractivity (Wildman–Crippen MR) is 127 cm³/mol. The average molecular weight is 449 g/mol. The number of aryl methyl sites for hydroxylation is 1. The molecule has 0 bridgehead atoms. The van der Waals surface area contributed by atoms with Crippen molar-refractivity contribution in [3.05, 3.63) is 93.6 Å². The molecule has 7 heteroatoms. The summed E-state index contributed by atoms with van der Waals surface area (Å²) in [6, 6.07) is 18.6. The van der Waals surface area contributed by atoms with Gasteiger partial charge in [-0.05, 0) is 55.3 Å². The van der Waals surface area contributed by atoms with Gasteiger partial charge in [0.15, 0.2) is 0 Å². The molecule has 5 nitrogen and oxygen atoms in total. The number of nitrogens with zero attached hydrogens (tertiary/aromatic N) is 2. The van der Waals surface area contributed by atoms with Gasteiger partial charge >= 0.3 is 5.97 Å². The minimum absolute atomic E-state index is 0.100. The molecular formula is C24H20N2O3S2. The molecule has 31 heavy (non-hydrogen) atoms. The fraction of sp³-hybridized carbons (Fsp3) is 0.125. The summed E-state index contributed by atoms with van der Waals surface area (Å²) in [7, 11) is 0. The van der Waals surface area contributed by atoms with E-state index in [1.165, 1.54) is 11.8 Å². The number of aromatic carboxylic acids is 1. The lowest BCUT2D eigenvalue weighted by molar-refractivity contribution is -0.122. The highest BCUT2D eigenvalue weighted by Gasteiger charge is 2.32. The summed E-state index contributed by atoms with van der Waals surface area (Å²) < 4.78 is 2.53. The van der Waals surface area contributed by atoms with Gasteiger partial charge in [0.25, 0.3) is 5.91 Å². The topological polar surface area (TPSA) is 62.5 Å². The summed E-state index contributed by atoms with van der Waals surface area (Å²) in [6.45, 7) is 4.36. The molecule has 1 aliphatic heterocycles. The van der Waals surface area contributed by atoms with E-state index >= 15 is 0 Å². The van der Waals surface area contributed by atoms with Crippen molar-refractivity contribution in [2.24, 2.45) is 0 Å². The average Bonchev–Trinajstić information content (AvgIpc) is 3.18. The molecule has 2 aromatic carbocycles. The Bertz CT molecular complexity index is 1230. The molecule has 0 unspecified atom stereocenters. The van der Waals surface area contributed by atoms with Crippen LogP contribution < -0.4 is 0 Å². The van der Waals surface area contributed by atoms with Crippen LogP contribution in [0.5, 0.6) is 0 Å². The summed E-state index contributed by atoms with van der Waals surface area (Å²) >= 11 is 6.76. The lowest BCUT2D eigenvalue weighted by Crippen LogP contribution is -2.27. The van der Waals surface area contributed by atoms with Crippen molar-refractivity contribution in [3.8, 4) is 5.69 Å². The SMILES string of the molecule is Cc1cc(/C=C2\SC(=S)N(Cc3ccccc3)C2=O)c(C)n1-c1cccc(C(=O)O)c1. The van der Waals surface area contributed by atoms with Gasteiger partial charge in [-0.2, -0.15) is 0 Å². The van der Waals surface area contributed by atoms with Gasteiger partial charge in [-0.15, -0.1) is 0 Å². The summed E-state index contributed by atoms with van der Waals surface area (Å²) in [5, 5.41) is 9.30. The highest BCUT2D eigenvalue weighted by Crippen LogP contribution is 2.35. The number of benzene rings is 2. The maximum absolute atomic E-state index is 13.0. The molecular weight excluding hydrogens is 428 g/mol. The number of rotatable bonds is 5. The number of carboxylic acid groups (broad SMARTS) is 1. The third kappa shape index (κ3) is 4.19. The van der Waals surface area contributed by atoms with Crippen molar-refractivity contribution in [1.29, 1.82) is 0 Å². The Morgan fingerprint density at radius 3 is 2.55 bits per heavy atom. The highest BCUT2D eigenvalue weighted by atomic mass is 32.2. The maximum Gasteiger partial charge on any atom is 0.335 e. The Hall–Kier alpha value is -3.16. The second-order valence-corrected chi connectivity index (χ2v) is 8.95. The highest BCUT2D eigenvalue weighted by molar-refractivity contribution is 8.26. The Morgan fingerprint density at radius 1 is 1.10 bits per heavy atom. The molecule has 2 heterocycles. The van der Waals surface area contributed by atoms with Crippen molar-refractivity contribution in [3.63, 3.8) is 0 Å². The second-order valence-electron chi connectivity index (χ2n) is 7.27. The minimum Gasteiger partial charge on any atom is -0.478 e. The van der Waals surface area contributed by atoms with Crippen LogP contribution in [0.15, 0.2) is 65.6 Å². The standard InChI is InChI=1S/C24H20N2O3S2/c1-15-11-19(16(2)26(15)20-10-6-9-18(12-20)23(28)29)13-21-22(27)25(24(30)31-21)14-17-7-4-3-5-8-17/h3-13H,14H2,1-2H3,(H,28,29)/b21-13-. The zero-order valence-electron chi connectivity index (χ0n) is 17.0. The van der Waals surface area contributed by atoms with E-state index in [9.17, 15) is 14.7 Å². The maximum atomic E-state index is 13.0. The molecule has 0 spiro atoms. The molecule has 1 saturated heterocycles. The first kappa shape index (κ1) is 21.1. The van der Waals surface area contributed by atoms with E-state index in [4.69, 9.17) is 12.2 Å². The molecule has 0 radical (unpaired) electrons. The third-order valence-corrected chi connectivity index (χ3v) is 6.54. The van der Waals surface area contributed by atoms with Gasteiger partial charge in [-0.3, -0.25) is 9.69 Å². The first-order valence-electron chi connectivity index (χ1n) is 9.67. The Kier molecular flexibility index (Phi) is 5.80. The molecule has 1 fully saturated rings. The van der Waals surface area contributed by atoms with Crippen molar-refractivity contribution in [2.75, 3.05) is 0 Å². The van der Waals surface area contributed by atoms with E-state index in [1.807, 2.05) is 67.0 Å². The zero-order valence-corrected chi connectivity index (χ0v) is 18.7. The number of aromatic nitrogens is 1. The summed E-state index contributed by atoms with van der Waals surface area (Å²) in [5.74, 6) is -1.07. The van der Waals surface area contributed by atoms with Crippen LogP contribution in [-0.4, -0.2) is 30.8 Å². The quantitative estimate of drug-likeness (QED) is 0.430. The third-order valence-electron chi connectivity index (χ3n) is 5.17. The number of carbonyl (C=O) groups is 2. The normalized spacial score (nSPS) is 15.2. The van der Waals surface area contributed by atoms with Crippen LogP contribution in [0.25, 0.3) is 11.8 Å². The summed E-state index contributed by atoms with van der Waals surface area (Å²) in [4.78, 5) is 26.5. The molecule has 1 aromatic heterocycles. The second kappa shape index (κ2) is 8.53. The van der Waals surface area contributed by atoms with E-state index in [1.54, 1.807) is 23.1 Å². The minimum atomic E-state index is -0.966. The van der Waals surface area contributed by atoms with Crippen LogP contribution >= 0.6 is 24.0 Å². The van der Waals surface area contributed by atoms with Crippen molar-refractivity contribution in [2.45, 2.75) is 20.4 Å². The van der Waals surface area contributed by atoms with Crippen LogP contribution in [0, 0.1) is 13.8 Å². The number of thioether (sulfide) groups is 1. The monoisotopic (exact) mass is 448 g/mol. The van der Waals surface area contributed by atoms with Crippen LogP contribution in [0.2, 0.25) is 0 Å². The molecule has 0 aliphatic carbocycles. The van der Waals surface area contributed by atoms with Crippen LogP contribution in [0.3, 0.4) is 0 Å². The molecule has 3 aromatic rings. The molecule has 1 amide bonds. The largest absolute Gasteiger partial charge is 0.478 e. The first-order chi connectivity index (χ1) is 14.8. The predicted octanol–water partition coefficient (Wildman–Crippen LogP) is 5.19. The van der Waals surface area contributed by atoms with E-state index < -0.39 is 5.97 Å². The zero-order chi connectivity index (χ0) is 22.1. The lowest BCUT2D eigenvalue weighted by atomic mass is 10.2. The van der Waals surface area contributed by atoms with Crippen LogP contribution in [0.4, 0.5) is 0 Å². The van der Waals surface area contributed by atoms with Gasteiger partial charge < -0.3 is 9.67 Å². The van der Waals surface area contributed by atoms with Gasteiger partial charge in [0, 0.05) is 17.1 Å². The van der Waals surface area contributed by atoms with Crippen molar-refractivity contribution in [1.82, 2.24) is 9.47 Å². The number of carbonyl (C=O) groups excluding carboxylic acids is 1. The summed E-state index contributed by atoms with van der Waals surface area (Å²) in [6.07, 6.45) is 1.87. The summed E-state index contributed by atoms with van der Waals surface area (Å²) in [5.41, 5.74) is 4.80. The van der Waals surface area contributed by atoms with Crippen molar-refractivity contribution < 1.29 is 14.7 Å². The molecule has 156 valence electrons. The first-order valence-corrected chi connectivity index (χ1v) is 10.9. The van der Waals surface area contributed by atoms with Gasteiger partial charge in [0.2, 0.25) is 0 Å². The van der Waals surface area contributed by atoms with Crippen LogP contribution in [0.1, 0.15) is 32.9 Å². The van der Waals surface area contributed by atoms with Gasteiger partial charge in [0.05, 0.1) is 17.0 Å². The number of hydrogen-bond acceptors (Lipinski definition) is 4.